The zero-order valence-corrected chi connectivity index (χ0v) is 11.9. The smallest absolute Gasteiger partial charge is 0 e. The fourth-order valence-corrected chi connectivity index (χ4v) is 2.80. The van der Waals surface area contributed by atoms with Crippen molar-refractivity contribution >= 4 is 0 Å². The monoisotopic (exact) mass is 268 g/mol. The van der Waals surface area contributed by atoms with Crippen LogP contribution in [0, 0.1) is 24.7 Å². The van der Waals surface area contributed by atoms with E-state index in [2.05, 4.69) is 18.7 Å². The second-order valence-electron chi connectivity index (χ2n) is 4.74. The topological polar surface area (TPSA) is 12.0 Å². The van der Waals surface area contributed by atoms with Crippen LogP contribution in [-0.2, 0) is 32.7 Å². The summed E-state index contributed by atoms with van der Waals surface area (Å²) in [6.45, 7) is 6.83. The first-order valence-electron chi connectivity index (χ1n) is 5.71. The minimum Gasteiger partial charge on any atom is -0.339 e. The fourth-order valence-electron chi connectivity index (χ4n) is 2.80. The Labute approximate surface area is 114 Å². The first-order valence-corrected chi connectivity index (χ1v) is 5.71. The van der Waals surface area contributed by atoms with Crippen molar-refractivity contribution in [2.24, 2.45) is 11.3 Å². The van der Waals surface area contributed by atoms with Crippen molar-refractivity contribution < 1.29 is 32.7 Å². The molecule has 0 aromatic rings. The molecule has 0 spiro atoms. The molecular weight excluding hydrogens is 247 g/mol. The Kier molecular flexibility index (Phi) is 5.59. The predicted molar refractivity (Wildman–Crippen MR) is 56.2 cm³/mol. The first-order chi connectivity index (χ1) is 6.31. The van der Waals surface area contributed by atoms with Crippen molar-refractivity contribution in [3.05, 3.63) is 13.3 Å². The Morgan fingerprint density at radius 3 is 2.50 bits per heavy atom. The van der Waals surface area contributed by atoms with Gasteiger partial charge in [-0.1, -0.05) is 32.1 Å². The van der Waals surface area contributed by atoms with E-state index < -0.39 is 0 Å². The fraction of sp³-hybridized carbons (Fsp3) is 0.833. The summed E-state index contributed by atoms with van der Waals surface area (Å²) in [6, 6.07) is 0. The van der Waals surface area contributed by atoms with Crippen LogP contribution in [0.5, 0.6) is 0 Å². The van der Waals surface area contributed by atoms with Gasteiger partial charge >= 0.3 is 0 Å². The van der Waals surface area contributed by atoms with Gasteiger partial charge in [0.1, 0.15) is 0 Å². The molecule has 1 unspecified atom stereocenters. The van der Waals surface area contributed by atoms with E-state index in [1.807, 2.05) is 0 Å². The van der Waals surface area contributed by atoms with E-state index in [0.717, 1.165) is 5.92 Å². The van der Waals surface area contributed by atoms with Crippen LogP contribution in [0.1, 0.15) is 38.5 Å². The van der Waals surface area contributed by atoms with Crippen LogP contribution in [0.15, 0.2) is 0 Å². The summed E-state index contributed by atoms with van der Waals surface area (Å²) < 4.78 is 0. The molecule has 1 radical (unpaired) electrons. The number of hydrogen-bond donors (Lipinski definition) is 1. The summed E-state index contributed by atoms with van der Waals surface area (Å²) in [5.41, 5.74) is 0.381. The largest absolute Gasteiger partial charge is 0.339 e. The SMILES string of the molecule is [CH2-]C1(C2[CH-]CCCC2)CCNCC1.[Y]. The van der Waals surface area contributed by atoms with Crippen molar-refractivity contribution in [3.8, 4) is 0 Å². The average Bonchev–Trinajstić information content (AvgIpc) is 2.20. The summed E-state index contributed by atoms with van der Waals surface area (Å²) in [5.74, 6) is 0.809. The molecule has 14 heavy (non-hydrogen) atoms. The second kappa shape index (κ2) is 5.96. The minimum absolute atomic E-state index is 0. The van der Waals surface area contributed by atoms with Gasteiger partial charge in [-0.25, -0.2) is 0 Å². The summed E-state index contributed by atoms with van der Waals surface area (Å²) in [4.78, 5) is 0. The van der Waals surface area contributed by atoms with Gasteiger partial charge in [0.25, 0.3) is 0 Å². The van der Waals surface area contributed by atoms with Crippen LogP contribution < -0.4 is 5.32 Å². The van der Waals surface area contributed by atoms with Gasteiger partial charge in [0, 0.05) is 32.7 Å². The summed E-state index contributed by atoms with van der Waals surface area (Å²) in [5, 5.41) is 3.43. The normalized spacial score (nSPS) is 31.9. The molecule has 1 aliphatic carbocycles. The van der Waals surface area contributed by atoms with E-state index in [0.29, 0.717) is 5.41 Å². The molecule has 0 aromatic heterocycles. The molecule has 1 saturated carbocycles. The molecule has 1 heterocycles. The molecule has 2 fully saturated rings. The Hall–Kier alpha value is 1.06. The van der Waals surface area contributed by atoms with Gasteiger partial charge in [-0.05, 0) is 13.1 Å². The summed E-state index contributed by atoms with van der Waals surface area (Å²) >= 11 is 0. The summed E-state index contributed by atoms with van der Waals surface area (Å²) in [7, 11) is 0. The maximum Gasteiger partial charge on any atom is 0 e. The molecule has 0 amide bonds. The molecule has 2 heteroatoms. The molecule has 1 atom stereocenters. The van der Waals surface area contributed by atoms with Crippen LogP contribution in [0.4, 0.5) is 0 Å². The van der Waals surface area contributed by atoms with Crippen LogP contribution in [0.25, 0.3) is 0 Å². The minimum atomic E-state index is 0. The van der Waals surface area contributed by atoms with E-state index in [4.69, 9.17) is 0 Å². The third kappa shape index (κ3) is 3.03. The third-order valence-electron chi connectivity index (χ3n) is 3.81. The Morgan fingerprint density at radius 1 is 1.21 bits per heavy atom. The standard InChI is InChI=1S/C12H21N.Y/c1-12(7-9-13-10-8-12)11-5-3-2-4-6-11;/h5,11,13H,1-4,6-10H2;/q-2;. The molecule has 1 aliphatic heterocycles. The first kappa shape index (κ1) is 13.1. The van der Waals surface area contributed by atoms with Crippen molar-refractivity contribution in [1.82, 2.24) is 5.32 Å². The number of rotatable bonds is 1. The van der Waals surface area contributed by atoms with Gasteiger partial charge in [-0.15, -0.1) is 0 Å². The summed E-state index contributed by atoms with van der Waals surface area (Å²) in [6.07, 6.45) is 10.6. The van der Waals surface area contributed by atoms with E-state index in [1.165, 1.54) is 51.6 Å². The van der Waals surface area contributed by atoms with Crippen molar-refractivity contribution in [3.63, 3.8) is 0 Å². The molecule has 0 bridgehead atoms. The number of hydrogen-bond acceptors (Lipinski definition) is 1. The molecule has 0 aromatic carbocycles. The average molecular weight is 268 g/mol. The van der Waals surface area contributed by atoms with Crippen LogP contribution >= 0.6 is 0 Å². The van der Waals surface area contributed by atoms with Gasteiger partial charge in [0.2, 0.25) is 0 Å². The van der Waals surface area contributed by atoms with Crippen molar-refractivity contribution in [2.45, 2.75) is 38.5 Å². The molecule has 2 rings (SSSR count). The maximum absolute atomic E-state index is 4.48. The molecule has 2 aliphatic rings. The van der Waals surface area contributed by atoms with E-state index in [9.17, 15) is 0 Å². The molecular formula is C12H21NY-2. The molecule has 1 N–H and O–H groups in total. The van der Waals surface area contributed by atoms with Crippen molar-refractivity contribution in [2.75, 3.05) is 13.1 Å². The van der Waals surface area contributed by atoms with Gasteiger partial charge < -0.3 is 18.7 Å². The number of nitrogens with one attached hydrogen (secondary N) is 1. The molecule has 1 nitrogen and oxygen atoms in total. The second-order valence-corrected chi connectivity index (χ2v) is 4.74. The van der Waals surface area contributed by atoms with Crippen LogP contribution in [0.2, 0.25) is 0 Å². The van der Waals surface area contributed by atoms with E-state index >= 15 is 0 Å². The van der Waals surface area contributed by atoms with Gasteiger partial charge in [-0.3, -0.25) is 0 Å². The quantitative estimate of drug-likeness (QED) is 0.721. The van der Waals surface area contributed by atoms with E-state index in [-0.39, 0.29) is 32.7 Å². The predicted octanol–water partition coefficient (Wildman–Crippen LogP) is 2.58. The Morgan fingerprint density at radius 2 is 1.93 bits per heavy atom. The zero-order valence-electron chi connectivity index (χ0n) is 9.10. The molecule has 1 saturated heterocycles. The zero-order chi connectivity index (χ0) is 9.15. The number of piperidine rings is 1. The van der Waals surface area contributed by atoms with Crippen LogP contribution in [0.3, 0.4) is 0 Å². The van der Waals surface area contributed by atoms with E-state index in [1.54, 1.807) is 0 Å². The van der Waals surface area contributed by atoms with Gasteiger partial charge in [0.05, 0.1) is 0 Å². The Bertz CT molecular complexity index is 158. The van der Waals surface area contributed by atoms with Crippen LogP contribution in [-0.4, -0.2) is 13.1 Å². The van der Waals surface area contributed by atoms with Gasteiger partial charge in [-0.2, -0.15) is 17.8 Å². The third-order valence-corrected chi connectivity index (χ3v) is 3.81. The Balaban J connectivity index is 0.000000980. The van der Waals surface area contributed by atoms with Crippen molar-refractivity contribution in [1.29, 1.82) is 0 Å². The van der Waals surface area contributed by atoms with Gasteiger partial charge in [0.15, 0.2) is 0 Å². The maximum atomic E-state index is 4.48. The molecule has 79 valence electrons.